The van der Waals surface area contributed by atoms with Gasteiger partial charge in [0.05, 0.1) is 5.69 Å². The number of nitrogens with one attached hydrogen (secondary N) is 1. The average molecular weight is 341 g/mol. The molecule has 6 heteroatoms. The number of rotatable bonds is 3. The van der Waals surface area contributed by atoms with Crippen molar-refractivity contribution < 1.29 is 4.79 Å². The highest BCUT2D eigenvalue weighted by atomic mass is 16.1. The zero-order valence-corrected chi connectivity index (χ0v) is 15.7. The average Bonchev–Trinajstić information content (AvgIpc) is 2.98. The highest BCUT2D eigenvalue weighted by molar-refractivity contribution is 5.95. The van der Waals surface area contributed by atoms with Crippen LogP contribution < -0.4 is 10.2 Å². The molecule has 0 fully saturated rings. The van der Waals surface area contributed by atoms with Crippen molar-refractivity contribution in [1.82, 2.24) is 19.9 Å². The van der Waals surface area contributed by atoms with Gasteiger partial charge in [-0.3, -0.25) is 4.79 Å². The van der Waals surface area contributed by atoms with Gasteiger partial charge in [0.25, 0.3) is 5.91 Å². The number of nitrogens with zero attached hydrogens (tertiary/aromatic N) is 4. The molecule has 2 aromatic rings. The van der Waals surface area contributed by atoms with Crippen LogP contribution in [0.3, 0.4) is 0 Å². The lowest BCUT2D eigenvalue weighted by molar-refractivity contribution is 0.0927. The number of carbonyl (C=O) groups is 1. The molecule has 0 radical (unpaired) electrons. The van der Waals surface area contributed by atoms with E-state index in [0.717, 1.165) is 36.7 Å². The van der Waals surface area contributed by atoms with E-state index in [1.807, 2.05) is 25.1 Å². The Morgan fingerprint density at radius 1 is 1.36 bits per heavy atom. The maximum Gasteiger partial charge on any atom is 0.251 e. The SMILES string of the molecule is CN(C)c1cc(C(=O)N[C@H]2CCc3nc(C(C)(C)C)cn3C2)ccn1. The Kier molecular flexibility index (Phi) is 4.54. The molecule has 1 atom stereocenters. The predicted molar refractivity (Wildman–Crippen MR) is 99.1 cm³/mol. The number of hydrogen-bond acceptors (Lipinski definition) is 4. The first-order valence-electron chi connectivity index (χ1n) is 8.75. The van der Waals surface area contributed by atoms with Crippen LogP contribution in [0.15, 0.2) is 24.5 Å². The van der Waals surface area contributed by atoms with E-state index in [2.05, 4.69) is 41.8 Å². The van der Waals surface area contributed by atoms with Crippen molar-refractivity contribution >= 4 is 11.7 Å². The summed E-state index contributed by atoms with van der Waals surface area (Å²) in [6.07, 6.45) is 5.61. The van der Waals surface area contributed by atoms with Crippen LogP contribution in [0.25, 0.3) is 0 Å². The van der Waals surface area contributed by atoms with E-state index in [0.29, 0.717) is 5.56 Å². The maximum atomic E-state index is 12.6. The Morgan fingerprint density at radius 3 is 2.80 bits per heavy atom. The first-order valence-corrected chi connectivity index (χ1v) is 8.75. The van der Waals surface area contributed by atoms with Gasteiger partial charge in [-0.1, -0.05) is 20.8 Å². The quantitative estimate of drug-likeness (QED) is 0.931. The van der Waals surface area contributed by atoms with Gasteiger partial charge in [0.2, 0.25) is 0 Å². The summed E-state index contributed by atoms with van der Waals surface area (Å²) in [7, 11) is 3.83. The molecule has 0 unspecified atom stereocenters. The highest BCUT2D eigenvalue weighted by Crippen LogP contribution is 2.24. The Balaban J connectivity index is 1.69. The number of aryl methyl sites for hydroxylation is 1. The smallest absolute Gasteiger partial charge is 0.251 e. The van der Waals surface area contributed by atoms with Crippen LogP contribution in [-0.4, -0.2) is 40.6 Å². The largest absolute Gasteiger partial charge is 0.363 e. The van der Waals surface area contributed by atoms with Crippen molar-refractivity contribution in [3.63, 3.8) is 0 Å². The van der Waals surface area contributed by atoms with Crippen LogP contribution in [0.4, 0.5) is 5.82 Å². The standard InChI is InChI=1S/C19H27N5O/c1-19(2,3)15-12-24-11-14(6-7-16(24)22-15)21-18(25)13-8-9-20-17(10-13)23(4)5/h8-10,12,14H,6-7,11H2,1-5H3,(H,21,25)/t14-/m0/s1. The highest BCUT2D eigenvalue weighted by Gasteiger charge is 2.25. The third kappa shape index (κ3) is 3.83. The van der Waals surface area contributed by atoms with Crippen LogP contribution in [0.1, 0.15) is 49.1 Å². The molecule has 1 N–H and O–H groups in total. The third-order valence-electron chi connectivity index (χ3n) is 4.56. The second kappa shape index (κ2) is 6.50. The second-order valence-electron chi connectivity index (χ2n) is 7.95. The number of aromatic nitrogens is 3. The topological polar surface area (TPSA) is 63.1 Å². The molecule has 0 aliphatic carbocycles. The molecule has 0 aromatic carbocycles. The molecule has 6 nitrogen and oxygen atoms in total. The second-order valence-corrected chi connectivity index (χ2v) is 7.95. The van der Waals surface area contributed by atoms with Gasteiger partial charge in [-0.25, -0.2) is 9.97 Å². The van der Waals surface area contributed by atoms with E-state index < -0.39 is 0 Å². The lowest BCUT2D eigenvalue weighted by Gasteiger charge is -2.24. The van der Waals surface area contributed by atoms with Crippen molar-refractivity contribution in [2.75, 3.05) is 19.0 Å². The maximum absolute atomic E-state index is 12.6. The first kappa shape index (κ1) is 17.5. The van der Waals surface area contributed by atoms with Gasteiger partial charge in [-0.15, -0.1) is 0 Å². The van der Waals surface area contributed by atoms with Gasteiger partial charge in [0, 0.05) is 56.5 Å². The van der Waals surface area contributed by atoms with Gasteiger partial charge in [-0.2, -0.15) is 0 Å². The van der Waals surface area contributed by atoms with Gasteiger partial charge >= 0.3 is 0 Å². The van der Waals surface area contributed by atoms with Crippen LogP contribution in [0, 0.1) is 0 Å². The molecule has 3 rings (SSSR count). The Bertz CT molecular complexity index is 772. The van der Waals surface area contributed by atoms with Crippen LogP contribution in [0.2, 0.25) is 0 Å². The van der Waals surface area contributed by atoms with Crippen molar-refractivity contribution in [3.05, 3.63) is 41.6 Å². The van der Waals surface area contributed by atoms with Gasteiger partial charge in [0.15, 0.2) is 0 Å². The molecule has 1 aliphatic rings. The number of amides is 1. The Morgan fingerprint density at radius 2 is 2.12 bits per heavy atom. The summed E-state index contributed by atoms with van der Waals surface area (Å²) in [6.45, 7) is 7.29. The summed E-state index contributed by atoms with van der Waals surface area (Å²) in [5, 5.41) is 3.16. The summed E-state index contributed by atoms with van der Waals surface area (Å²) in [5.74, 6) is 1.85. The summed E-state index contributed by atoms with van der Waals surface area (Å²) in [6, 6.07) is 3.70. The van der Waals surface area contributed by atoms with E-state index >= 15 is 0 Å². The molecule has 0 spiro atoms. The van der Waals surface area contributed by atoms with Crippen molar-refractivity contribution in [2.24, 2.45) is 0 Å². The third-order valence-corrected chi connectivity index (χ3v) is 4.56. The zero-order valence-electron chi connectivity index (χ0n) is 15.7. The molecule has 0 bridgehead atoms. The molecular formula is C19H27N5O. The Hall–Kier alpha value is -2.37. The molecule has 134 valence electrons. The minimum atomic E-state index is -0.0462. The molecule has 1 amide bonds. The number of imidazole rings is 1. The van der Waals surface area contributed by atoms with Crippen LogP contribution >= 0.6 is 0 Å². The molecule has 0 saturated heterocycles. The monoisotopic (exact) mass is 341 g/mol. The number of fused-ring (bicyclic) bond motifs is 1. The minimum absolute atomic E-state index is 0.0443. The molecule has 2 aromatic heterocycles. The van der Waals surface area contributed by atoms with Crippen molar-refractivity contribution in [3.8, 4) is 0 Å². The van der Waals surface area contributed by atoms with Crippen molar-refractivity contribution in [1.29, 1.82) is 0 Å². The number of carbonyl (C=O) groups excluding carboxylic acids is 1. The van der Waals surface area contributed by atoms with Crippen LogP contribution in [-0.2, 0) is 18.4 Å². The Labute approximate surface area is 149 Å². The molecule has 3 heterocycles. The molecule has 0 saturated carbocycles. The van der Waals surface area contributed by atoms with Gasteiger partial charge in [-0.05, 0) is 18.6 Å². The van der Waals surface area contributed by atoms with Gasteiger partial charge in [0.1, 0.15) is 11.6 Å². The predicted octanol–water partition coefficient (Wildman–Crippen LogP) is 2.39. The number of hydrogen-bond donors (Lipinski definition) is 1. The van der Waals surface area contributed by atoms with Gasteiger partial charge < -0.3 is 14.8 Å². The lowest BCUT2D eigenvalue weighted by Crippen LogP contribution is -2.40. The minimum Gasteiger partial charge on any atom is -0.363 e. The van der Waals surface area contributed by atoms with Crippen molar-refractivity contribution in [2.45, 2.75) is 51.6 Å². The normalized spacial score (nSPS) is 17.1. The number of pyridine rings is 1. The summed E-state index contributed by atoms with van der Waals surface area (Å²) in [5.41, 5.74) is 1.80. The summed E-state index contributed by atoms with van der Waals surface area (Å²) in [4.78, 5) is 23.5. The molecule has 25 heavy (non-hydrogen) atoms. The fourth-order valence-corrected chi connectivity index (χ4v) is 3.00. The molecule has 1 aliphatic heterocycles. The molecular weight excluding hydrogens is 314 g/mol. The zero-order chi connectivity index (χ0) is 18.2. The van der Waals surface area contributed by atoms with E-state index in [9.17, 15) is 4.79 Å². The number of anilines is 1. The van der Waals surface area contributed by atoms with Crippen LogP contribution in [0.5, 0.6) is 0 Å². The van der Waals surface area contributed by atoms with E-state index in [-0.39, 0.29) is 17.4 Å². The van der Waals surface area contributed by atoms with E-state index in [1.165, 1.54) is 0 Å². The summed E-state index contributed by atoms with van der Waals surface area (Å²) < 4.78 is 2.19. The summed E-state index contributed by atoms with van der Waals surface area (Å²) >= 11 is 0. The lowest BCUT2D eigenvalue weighted by atomic mass is 9.93. The first-order chi connectivity index (χ1) is 11.7. The van der Waals surface area contributed by atoms with E-state index in [4.69, 9.17) is 4.98 Å². The van der Waals surface area contributed by atoms with E-state index in [1.54, 1.807) is 12.3 Å². The fraction of sp³-hybridized carbons (Fsp3) is 0.526. The fourth-order valence-electron chi connectivity index (χ4n) is 3.00.